The van der Waals surface area contributed by atoms with Crippen molar-refractivity contribution in [1.82, 2.24) is 5.32 Å². The van der Waals surface area contributed by atoms with Crippen LogP contribution in [0.15, 0.2) is 18.7 Å². The smallest absolute Gasteiger partial charge is 0.131 e. The molecule has 0 aliphatic heterocycles. The van der Waals surface area contributed by atoms with Crippen molar-refractivity contribution < 1.29 is 8.78 Å². The van der Waals surface area contributed by atoms with E-state index in [9.17, 15) is 8.78 Å². The Bertz CT molecular complexity index is 656. The predicted octanol–water partition coefficient (Wildman–Crippen LogP) is 5.94. The molecule has 1 aromatic rings. The van der Waals surface area contributed by atoms with Crippen LogP contribution in [0.1, 0.15) is 64.5 Å². The normalized spacial score (nSPS) is 34.3. The number of halogens is 2. The molecule has 4 unspecified atom stereocenters. The van der Waals surface area contributed by atoms with Crippen LogP contribution in [0.5, 0.6) is 0 Å². The largest absolute Gasteiger partial charge is 0.312 e. The third-order valence-corrected chi connectivity index (χ3v) is 6.80. The van der Waals surface area contributed by atoms with Crippen LogP contribution >= 0.6 is 0 Å². The molecule has 0 radical (unpaired) electrons. The van der Waals surface area contributed by atoms with E-state index in [2.05, 4.69) is 18.8 Å². The summed E-state index contributed by atoms with van der Waals surface area (Å²) in [6.45, 7) is 13.0. The molecule has 0 amide bonds. The van der Waals surface area contributed by atoms with Crippen LogP contribution in [-0.4, -0.2) is 6.54 Å². The molecule has 1 aromatic carbocycles. The van der Waals surface area contributed by atoms with Gasteiger partial charge in [-0.25, -0.2) is 8.78 Å². The van der Waals surface area contributed by atoms with Gasteiger partial charge in [0.1, 0.15) is 11.6 Å². The quantitative estimate of drug-likeness (QED) is 0.695. The van der Waals surface area contributed by atoms with E-state index in [0.29, 0.717) is 22.0 Å². The molecule has 3 fully saturated rings. The van der Waals surface area contributed by atoms with Crippen LogP contribution in [0, 0.1) is 34.3 Å². The zero-order valence-electron chi connectivity index (χ0n) is 16.0. The minimum absolute atomic E-state index is 0.150. The second-order valence-corrected chi connectivity index (χ2v) is 8.36. The van der Waals surface area contributed by atoms with Gasteiger partial charge in [0.2, 0.25) is 0 Å². The standard InChI is InChI=1S/C20H25F2N.C2H6/c1-12(2)14-5-17(21)16(18(22)6-14)9-23-11-19-8-15-4-13(3)7-20(15,19)10-19;1-2/h5-6,13,15,23H,1,4,7-11H2,2-3H3;1-2H3. The highest BCUT2D eigenvalue weighted by Crippen LogP contribution is 2.86. The molecule has 1 nitrogen and oxygen atoms in total. The van der Waals surface area contributed by atoms with Gasteiger partial charge in [0, 0.05) is 18.7 Å². The van der Waals surface area contributed by atoms with E-state index in [-0.39, 0.29) is 12.1 Å². The lowest BCUT2D eigenvalue weighted by Crippen LogP contribution is -2.39. The molecule has 0 saturated heterocycles. The Hall–Kier alpha value is -1.22. The molecule has 4 atom stereocenters. The topological polar surface area (TPSA) is 12.0 Å². The molecule has 0 bridgehead atoms. The first-order valence-electron chi connectivity index (χ1n) is 9.71. The minimum Gasteiger partial charge on any atom is -0.312 e. The Morgan fingerprint density at radius 2 is 1.88 bits per heavy atom. The molecule has 0 heterocycles. The molecule has 1 spiro atoms. The molecule has 3 saturated carbocycles. The van der Waals surface area contributed by atoms with Crippen molar-refractivity contribution in [2.24, 2.45) is 22.7 Å². The predicted molar refractivity (Wildman–Crippen MR) is 100 cm³/mol. The van der Waals surface area contributed by atoms with E-state index in [4.69, 9.17) is 0 Å². The summed E-state index contributed by atoms with van der Waals surface area (Å²) in [5, 5.41) is 3.34. The number of hydrogen-bond acceptors (Lipinski definition) is 1. The monoisotopic (exact) mass is 347 g/mol. The first-order chi connectivity index (χ1) is 11.9. The first-order valence-corrected chi connectivity index (χ1v) is 9.71. The van der Waals surface area contributed by atoms with Crippen molar-refractivity contribution >= 4 is 5.57 Å². The Kier molecular flexibility index (Phi) is 4.83. The number of nitrogens with one attached hydrogen (secondary N) is 1. The summed E-state index contributed by atoms with van der Waals surface area (Å²) in [5.41, 5.74) is 2.38. The summed E-state index contributed by atoms with van der Waals surface area (Å²) in [6, 6.07) is 2.77. The van der Waals surface area contributed by atoms with Crippen LogP contribution in [0.3, 0.4) is 0 Å². The summed E-state index contributed by atoms with van der Waals surface area (Å²) in [4.78, 5) is 0. The zero-order chi connectivity index (χ0) is 18.4. The van der Waals surface area contributed by atoms with Gasteiger partial charge in [-0.15, -0.1) is 0 Å². The van der Waals surface area contributed by atoms with Crippen LogP contribution in [-0.2, 0) is 6.54 Å². The maximum absolute atomic E-state index is 14.1. The maximum atomic E-state index is 14.1. The molecule has 138 valence electrons. The van der Waals surface area contributed by atoms with Crippen molar-refractivity contribution in [3.05, 3.63) is 41.5 Å². The first kappa shape index (κ1) is 18.6. The van der Waals surface area contributed by atoms with E-state index in [1.54, 1.807) is 6.92 Å². The highest BCUT2D eigenvalue weighted by Gasteiger charge is 2.79. The van der Waals surface area contributed by atoms with E-state index < -0.39 is 11.6 Å². The summed E-state index contributed by atoms with van der Waals surface area (Å²) in [6.07, 6.45) is 5.37. The lowest BCUT2D eigenvalue weighted by molar-refractivity contribution is 0.101. The van der Waals surface area contributed by atoms with Crippen molar-refractivity contribution in [3.8, 4) is 0 Å². The molecule has 25 heavy (non-hydrogen) atoms. The van der Waals surface area contributed by atoms with Gasteiger partial charge in [-0.1, -0.05) is 32.9 Å². The molecular weight excluding hydrogens is 316 g/mol. The van der Waals surface area contributed by atoms with Crippen molar-refractivity contribution in [3.63, 3.8) is 0 Å². The summed E-state index contributed by atoms with van der Waals surface area (Å²) < 4.78 is 28.3. The second kappa shape index (κ2) is 6.50. The summed E-state index contributed by atoms with van der Waals surface area (Å²) in [7, 11) is 0. The van der Waals surface area contributed by atoms with Crippen LogP contribution in [0.2, 0.25) is 0 Å². The molecule has 3 aliphatic rings. The molecule has 0 aromatic heterocycles. The fourth-order valence-electron chi connectivity index (χ4n) is 5.66. The fraction of sp³-hybridized carbons (Fsp3) is 0.636. The molecule has 4 rings (SSSR count). The van der Waals surface area contributed by atoms with Gasteiger partial charge < -0.3 is 5.32 Å². The second-order valence-electron chi connectivity index (χ2n) is 8.36. The number of allylic oxidation sites excluding steroid dienone is 1. The molecule has 1 N–H and O–H groups in total. The Labute approximate surface area is 150 Å². The highest BCUT2D eigenvalue weighted by atomic mass is 19.1. The Morgan fingerprint density at radius 1 is 1.24 bits per heavy atom. The lowest BCUT2D eigenvalue weighted by Gasteiger charge is -2.40. The average molecular weight is 347 g/mol. The third-order valence-electron chi connectivity index (χ3n) is 6.80. The van der Waals surface area contributed by atoms with Crippen LogP contribution in [0.4, 0.5) is 8.78 Å². The van der Waals surface area contributed by atoms with Gasteiger partial charge in [0.05, 0.1) is 0 Å². The number of rotatable bonds is 5. The summed E-state index contributed by atoms with van der Waals surface area (Å²) in [5.74, 6) is 0.829. The maximum Gasteiger partial charge on any atom is 0.131 e. The van der Waals surface area contributed by atoms with Gasteiger partial charge in [-0.05, 0) is 73.0 Å². The van der Waals surface area contributed by atoms with Crippen LogP contribution < -0.4 is 5.32 Å². The zero-order valence-corrected chi connectivity index (χ0v) is 16.0. The van der Waals surface area contributed by atoms with Gasteiger partial charge >= 0.3 is 0 Å². The number of hydrogen-bond donors (Lipinski definition) is 1. The van der Waals surface area contributed by atoms with E-state index in [1.165, 1.54) is 37.8 Å². The van der Waals surface area contributed by atoms with Crippen molar-refractivity contribution in [2.75, 3.05) is 6.54 Å². The van der Waals surface area contributed by atoms with E-state index >= 15 is 0 Å². The third kappa shape index (κ3) is 2.85. The molecule has 3 heteroatoms. The molecule has 3 aliphatic carbocycles. The Balaban J connectivity index is 0.000000880. The summed E-state index contributed by atoms with van der Waals surface area (Å²) >= 11 is 0. The lowest BCUT2D eigenvalue weighted by atomic mass is 9.67. The SMILES string of the molecule is C=C(C)c1cc(F)c(CNCC23CC4CC(C)CC42C3)c(F)c1.CC. The van der Waals surface area contributed by atoms with Gasteiger partial charge in [-0.3, -0.25) is 0 Å². The van der Waals surface area contributed by atoms with Crippen molar-refractivity contribution in [1.29, 1.82) is 0 Å². The Morgan fingerprint density at radius 3 is 2.44 bits per heavy atom. The van der Waals surface area contributed by atoms with Gasteiger partial charge in [0.25, 0.3) is 0 Å². The molecular formula is C22H31F2N. The van der Waals surface area contributed by atoms with Crippen LogP contribution in [0.25, 0.3) is 5.57 Å². The minimum atomic E-state index is -0.473. The fourth-order valence-corrected chi connectivity index (χ4v) is 5.66. The number of benzene rings is 1. The van der Waals surface area contributed by atoms with E-state index in [1.807, 2.05) is 13.8 Å². The van der Waals surface area contributed by atoms with Crippen molar-refractivity contribution in [2.45, 2.75) is 59.9 Å². The average Bonchev–Trinajstić information content (AvgIpc) is 2.93. The highest BCUT2D eigenvalue weighted by molar-refractivity contribution is 5.61. The van der Waals surface area contributed by atoms with Gasteiger partial charge in [-0.2, -0.15) is 0 Å². The van der Waals surface area contributed by atoms with E-state index in [0.717, 1.165) is 18.4 Å². The van der Waals surface area contributed by atoms with Gasteiger partial charge in [0.15, 0.2) is 0 Å².